The summed E-state index contributed by atoms with van der Waals surface area (Å²) >= 11 is 0. The van der Waals surface area contributed by atoms with Gasteiger partial charge in [0, 0.05) is 24.3 Å². The molecule has 2 bridgehead atoms. The molecular weight excluding hydrogens is 701 g/mol. The minimum Gasteiger partial charge on any atom is -0.462 e. The van der Waals surface area contributed by atoms with Crippen LogP contribution in [0.5, 0.6) is 0 Å². The minimum atomic E-state index is -1.56. The third-order valence-corrected chi connectivity index (χ3v) is 17.9. The van der Waals surface area contributed by atoms with Crippen molar-refractivity contribution in [1.29, 1.82) is 0 Å². The summed E-state index contributed by atoms with van der Waals surface area (Å²) in [6.07, 6.45) is 23.3. The third kappa shape index (κ3) is 6.47. The number of aliphatic hydroxyl groups excluding tert-OH is 1. The number of carbonyl (C=O) groups is 2. The molecule has 11 atom stereocenters. The van der Waals surface area contributed by atoms with Crippen molar-refractivity contribution in [2.24, 2.45) is 44.8 Å². The van der Waals surface area contributed by atoms with Crippen LogP contribution in [0.3, 0.4) is 0 Å². The molecule has 1 aromatic carbocycles. The van der Waals surface area contributed by atoms with Gasteiger partial charge in [-0.2, -0.15) is 0 Å². The molecule has 3 N–H and O–H groups in total. The van der Waals surface area contributed by atoms with E-state index in [2.05, 4.69) is 38.1 Å². The van der Waals surface area contributed by atoms with Gasteiger partial charge in [0.2, 0.25) is 0 Å². The SMILES string of the molecule is CC(=O)O[C@@H]1C[C@@]2(C)C=C[C@](O)(CC[C@H](C)CCCc3ccccc3)[C@]3(C1[C@](C)([C@@H]1CC[C@@]4(CCC5(CCCC5)C4)C1)CC[C@H]3O)[C@@]2(O)CCC1=CC(=O)OC1. The number of fused-ring (bicyclic) bond motifs is 1. The third-order valence-electron chi connectivity index (χ3n) is 17.9. The van der Waals surface area contributed by atoms with Gasteiger partial charge in [0.1, 0.15) is 12.7 Å². The molecule has 0 aromatic heterocycles. The summed E-state index contributed by atoms with van der Waals surface area (Å²) in [4.78, 5) is 25.4. The highest BCUT2D eigenvalue weighted by atomic mass is 16.5. The van der Waals surface area contributed by atoms with Gasteiger partial charge in [-0.3, -0.25) is 4.79 Å². The largest absolute Gasteiger partial charge is 0.462 e. The summed E-state index contributed by atoms with van der Waals surface area (Å²) in [6, 6.07) is 10.6. The maximum atomic E-state index is 14.0. The van der Waals surface area contributed by atoms with Gasteiger partial charge in [0.05, 0.1) is 22.7 Å². The molecule has 1 aromatic rings. The first kappa shape index (κ1) is 40.3. The Morgan fingerprint density at radius 3 is 2.38 bits per heavy atom. The van der Waals surface area contributed by atoms with Gasteiger partial charge in [-0.25, -0.2) is 4.79 Å². The van der Waals surface area contributed by atoms with Gasteiger partial charge in [-0.05, 0) is 148 Å². The Balaban J connectivity index is 1.18. The Morgan fingerprint density at radius 1 is 0.911 bits per heavy atom. The van der Waals surface area contributed by atoms with Crippen LogP contribution < -0.4 is 0 Å². The van der Waals surface area contributed by atoms with Crippen LogP contribution in [0.4, 0.5) is 0 Å². The normalized spacial score (nSPS) is 42.8. The summed E-state index contributed by atoms with van der Waals surface area (Å²) in [6.45, 7) is 8.36. The lowest BCUT2D eigenvalue weighted by Crippen LogP contribution is -2.83. The number of ether oxygens (including phenoxy) is 2. The Kier molecular flexibility index (Phi) is 10.6. The highest BCUT2D eigenvalue weighted by Crippen LogP contribution is 2.77. The van der Waals surface area contributed by atoms with E-state index in [0.29, 0.717) is 48.3 Å². The van der Waals surface area contributed by atoms with E-state index in [1.807, 2.05) is 25.1 Å². The molecule has 0 amide bonds. The monoisotopic (exact) mass is 771 g/mol. The molecule has 5 fully saturated rings. The first-order valence-corrected chi connectivity index (χ1v) is 22.5. The van der Waals surface area contributed by atoms with Gasteiger partial charge < -0.3 is 24.8 Å². The molecule has 6 aliphatic carbocycles. The fraction of sp³-hybridized carbons (Fsp3) is 0.755. The number of aliphatic hydroxyl groups is 3. The molecule has 8 rings (SSSR count). The van der Waals surface area contributed by atoms with Crippen molar-refractivity contribution < 1.29 is 34.4 Å². The zero-order valence-corrected chi connectivity index (χ0v) is 34.8. The van der Waals surface area contributed by atoms with Gasteiger partial charge in [0.25, 0.3) is 0 Å². The van der Waals surface area contributed by atoms with E-state index in [-0.39, 0.29) is 25.0 Å². The van der Waals surface area contributed by atoms with Crippen LogP contribution >= 0.6 is 0 Å². The van der Waals surface area contributed by atoms with E-state index in [4.69, 9.17) is 9.47 Å². The van der Waals surface area contributed by atoms with Crippen molar-refractivity contribution in [2.45, 2.75) is 180 Å². The van der Waals surface area contributed by atoms with E-state index in [1.165, 1.54) is 63.9 Å². The molecular formula is C49H70O7. The van der Waals surface area contributed by atoms with Crippen LogP contribution in [0.25, 0.3) is 0 Å². The quantitative estimate of drug-likeness (QED) is 0.143. The second-order valence-electron chi connectivity index (χ2n) is 21.0. The number of hydrogen-bond donors (Lipinski definition) is 3. The molecule has 7 nitrogen and oxygen atoms in total. The van der Waals surface area contributed by atoms with Crippen LogP contribution in [-0.4, -0.2) is 57.3 Å². The number of benzene rings is 1. The predicted molar refractivity (Wildman–Crippen MR) is 217 cm³/mol. The molecule has 1 heterocycles. The van der Waals surface area contributed by atoms with Gasteiger partial charge in [-0.15, -0.1) is 0 Å². The summed E-state index contributed by atoms with van der Waals surface area (Å²) < 4.78 is 11.8. The molecule has 1 aliphatic heterocycles. The van der Waals surface area contributed by atoms with Crippen LogP contribution in [0.1, 0.15) is 155 Å². The number of carbonyl (C=O) groups excluding carboxylic acids is 2. The molecule has 7 aliphatic rings. The van der Waals surface area contributed by atoms with Gasteiger partial charge >= 0.3 is 11.9 Å². The van der Waals surface area contributed by atoms with Crippen molar-refractivity contribution in [2.75, 3.05) is 6.61 Å². The lowest BCUT2D eigenvalue weighted by molar-refractivity contribution is -0.361. The Hall–Kier alpha value is -2.48. The molecule has 0 radical (unpaired) electrons. The standard InChI is InChI=1S/C49H70O7/c1-34(11-10-14-36-12-6-5-7-13-36)15-23-47(53)28-25-43(3)31-39(56-35(2)50)42-44(4,38-17-22-46(30-38)27-26-45(33-46)19-8-9-20-45)21-18-40(51)49(42,47)48(43,54)24-16-37-29-41(52)55-32-37/h5-7,12-13,25,28-29,34,38-40,42,51,53-54H,8-11,14-24,26-27,30-33H2,1-4H3/t34-,38-,39-,40-,42?,43-,44+,46-,47-,48-,49+/m1/s1. The molecule has 0 saturated heterocycles. The van der Waals surface area contributed by atoms with Gasteiger partial charge in [0.15, 0.2) is 0 Å². The highest BCUT2D eigenvalue weighted by Gasteiger charge is 2.82. The number of esters is 2. The van der Waals surface area contributed by atoms with E-state index in [9.17, 15) is 24.9 Å². The van der Waals surface area contributed by atoms with Crippen LogP contribution in [0.15, 0.2) is 54.1 Å². The predicted octanol–water partition coefficient (Wildman–Crippen LogP) is 9.36. The molecule has 308 valence electrons. The second kappa shape index (κ2) is 14.7. The maximum absolute atomic E-state index is 14.0. The fourth-order valence-corrected chi connectivity index (χ4v) is 15.2. The molecule has 56 heavy (non-hydrogen) atoms. The van der Waals surface area contributed by atoms with E-state index in [1.54, 1.807) is 6.08 Å². The average molecular weight is 771 g/mol. The number of rotatable bonds is 12. The maximum Gasteiger partial charge on any atom is 0.331 e. The van der Waals surface area contributed by atoms with Crippen molar-refractivity contribution >= 4 is 11.9 Å². The summed E-state index contributed by atoms with van der Waals surface area (Å²) in [5, 5.41) is 40.6. The first-order chi connectivity index (χ1) is 26.6. The number of aryl methyl sites for hydroxylation is 1. The summed E-state index contributed by atoms with van der Waals surface area (Å²) in [5.74, 6) is -0.540. The first-order valence-electron chi connectivity index (χ1n) is 22.5. The fourth-order valence-electron chi connectivity index (χ4n) is 15.2. The number of hydrogen-bond acceptors (Lipinski definition) is 7. The summed E-state index contributed by atoms with van der Waals surface area (Å²) in [5.41, 5.74) is -2.84. The van der Waals surface area contributed by atoms with E-state index >= 15 is 0 Å². The summed E-state index contributed by atoms with van der Waals surface area (Å²) in [7, 11) is 0. The lowest BCUT2D eigenvalue weighted by Gasteiger charge is -2.76. The van der Waals surface area contributed by atoms with Crippen LogP contribution in [-0.2, 0) is 25.5 Å². The molecule has 7 heteroatoms. The van der Waals surface area contributed by atoms with Crippen LogP contribution in [0, 0.1) is 44.8 Å². The van der Waals surface area contributed by atoms with Crippen molar-refractivity contribution in [3.05, 3.63) is 59.7 Å². The Morgan fingerprint density at radius 2 is 1.66 bits per heavy atom. The van der Waals surface area contributed by atoms with E-state index in [0.717, 1.165) is 50.5 Å². The molecule has 3 spiro atoms. The highest BCUT2D eigenvalue weighted by molar-refractivity contribution is 5.85. The van der Waals surface area contributed by atoms with Crippen molar-refractivity contribution in [3.8, 4) is 0 Å². The van der Waals surface area contributed by atoms with Gasteiger partial charge in [-0.1, -0.05) is 82.5 Å². The topological polar surface area (TPSA) is 113 Å². The molecule has 1 unspecified atom stereocenters. The van der Waals surface area contributed by atoms with Crippen molar-refractivity contribution in [1.82, 2.24) is 0 Å². The average Bonchev–Trinajstić information content (AvgIpc) is 3.98. The second-order valence-corrected chi connectivity index (χ2v) is 21.0. The number of cyclic esters (lactones) is 1. The zero-order chi connectivity index (χ0) is 39.6. The Labute approximate surface area is 336 Å². The molecule has 5 saturated carbocycles. The lowest BCUT2D eigenvalue weighted by atomic mass is 9.31. The smallest absolute Gasteiger partial charge is 0.331 e. The minimum absolute atomic E-state index is 0.199. The Bertz CT molecular complexity index is 1700. The van der Waals surface area contributed by atoms with Crippen LogP contribution in [0.2, 0.25) is 0 Å². The zero-order valence-electron chi connectivity index (χ0n) is 34.8. The van der Waals surface area contributed by atoms with E-state index < -0.39 is 45.6 Å². The van der Waals surface area contributed by atoms with Crippen molar-refractivity contribution in [3.63, 3.8) is 0 Å².